The van der Waals surface area contributed by atoms with E-state index in [1.807, 2.05) is 79.7 Å². The molecule has 0 aliphatic carbocycles. The molecule has 126 valence electrons. The Hall–Kier alpha value is -3.07. The van der Waals surface area contributed by atoms with Crippen LogP contribution in [0.4, 0.5) is 0 Å². The lowest BCUT2D eigenvalue weighted by Crippen LogP contribution is -2.33. The number of hydrogen-bond acceptors (Lipinski definition) is 3. The van der Waals surface area contributed by atoms with Crippen molar-refractivity contribution in [1.82, 2.24) is 0 Å². The topological polar surface area (TPSA) is 35.5 Å². The third kappa shape index (κ3) is 4.70. The number of carbonyl (C=O) groups excluding carboxylic acids is 1. The Morgan fingerprint density at radius 1 is 0.800 bits per heavy atom. The molecular weight excluding hydrogens is 312 g/mol. The maximum absolute atomic E-state index is 12.8. The summed E-state index contributed by atoms with van der Waals surface area (Å²) in [7, 11) is 0. The first-order valence-corrected chi connectivity index (χ1v) is 8.23. The molecule has 0 saturated carbocycles. The summed E-state index contributed by atoms with van der Waals surface area (Å²) >= 11 is 0. The number of para-hydroxylation sites is 1. The lowest BCUT2D eigenvalue weighted by molar-refractivity contribution is 0.0689. The van der Waals surface area contributed by atoms with Crippen LogP contribution in [0.5, 0.6) is 11.5 Å². The molecule has 0 N–H and O–H groups in total. The van der Waals surface area contributed by atoms with Crippen molar-refractivity contribution in [1.29, 1.82) is 0 Å². The Morgan fingerprint density at radius 2 is 1.40 bits per heavy atom. The van der Waals surface area contributed by atoms with E-state index in [-0.39, 0.29) is 12.4 Å². The van der Waals surface area contributed by atoms with E-state index in [2.05, 4.69) is 0 Å². The molecule has 0 heterocycles. The molecule has 3 aromatic carbocycles. The Balaban J connectivity index is 1.76. The minimum absolute atomic E-state index is 0.100. The number of Topliss-reactive ketones (excluding diaryl/α,β-unsaturated/α-hetero) is 1. The van der Waals surface area contributed by atoms with Gasteiger partial charge in [-0.1, -0.05) is 66.2 Å². The van der Waals surface area contributed by atoms with Gasteiger partial charge in [0.1, 0.15) is 18.1 Å². The number of ketones is 1. The molecule has 25 heavy (non-hydrogen) atoms. The minimum atomic E-state index is -0.717. The molecule has 3 rings (SSSR count). The molecule has 1 unspecified atom stereocenters. The van der Waals surface area contributed by atoms with E-state index < -0.39 is 6.10 Å². The molecule has 3 aromatic rings. The van der Waals surface area contributed by atoms with Crippen molar-refractivity contribution in [2.24, 2.45) is 0 Å². The highest BCUT2D eigenvalue weighted by Gasteiger charge is 2.23. The van der Waals surface area contributed by atoms with E-state index in [1.165, 1.54) is 0 Å². The standard InChI is InChI=1S/C22H20O3/c1-17-12-14-19(15-13-17)24-16-21(25-20-10-6-3-7-11-20)22(23)18-8-4-2-5-9-18/h2-15,21H,16H2,1H3. The van der Waals surface area contributed by atoms with Crippen LogP contribution in [0.15, 0.2) is 84.9 Å². The van der Waals surface area contributed by atoms with Gasteiger partial charge in [0, 0.05) is 5.56 Å². The molecule has 0 aliphatic rings. The van der Waals surface area contributed by atoms with E-state index >= 15 is 0 Å². The van der Waals surface area contributed by atoms with Crippen LogP contribution in [0.3, 0.4) is 0 Å². The number of carbonyl (C=O) groups is 1. The summed E-state index contributed by atoms with van der Waals surface area (Å²) in [5, 5.41) is 0. The van der Waals surface area contributed by atoms with Gasteiger partial charge in [-0.2, -0.15) is 0 Å². The van der Waals surface area contributed by atoms with Gasteiger partial charge >= 0.3 is 0 Å². The van der Waals surface area contributed by atoms with Crippen molar-refractivity contribution in [2.75, 3.05) is 6.61 Å². The number of rotatable bonds is 7. The molecule has 0 aliphatic heterocycles. The number of ether oxygens (including phenoxy) is 2. The second-order valence-corrected chi connectivity index (χ2v) is 5.77. The number of hydrogen-bond donors (Lipinski definition) is 0. The Kier molecular flexibility index (Phi) is 5.47. The number of aryl methyl sites for hydroxylation is 1. The van der Waals surface area contributed by atoms with Gasteiger partial charge in [-0.05, 0) is 31.2 Å². The van der Waals surface area contributed by atoms with Crippen LogP contribution in [0.1, 0.15) is 15.9 Å². The minimum Gasteiger partial charge on any atom is -0.489 e. The summed E-state index contributed by atoms with van der Waals surface area (Å²) < 4.78 is 11.7. The predicted octanol–water partition coefficient (Wildman–Crippen LogP) is 4.70. The fourth-order valence-corrected chi connectivity index (χ4v) is 2.42. The molecule has 3 nitrogen and oxygen atoms in total. The number of benzene rings is 3. The summed E-state index contributed by atoms with van der Waals surface area (Å²) in [6.45, 7) is 2.16. The van der Waals surface area contributed by atoms with Gasteiger partial charge in [0.25, 0.3) is 0 Å². The SMILES string of the molecule is Cc1ccc(OCC(Oc2ccccc2)C(=O)c2ccccc2)cc1. The normalized spacial score (nSPS) is 11.6. The van der Waals surface area contributed by atoms with Crippen LogP contribution in [-0.2, 0) is 0 Å². The van der Waals surface area contributed by atoms with Crippen LogP contribution in [0.25, 0.3) is 0 Å². The van der Waals surface area contributed by atoms with Gasteiger partial charge < -0.3 is 9.47 Å². The largest absolute Gasteiger partial charge is 0.489 e. The Morgan fingerprint density at radius 3 is 2.04 bits per heavy atom. The predicted molar refractivity (Wildman–Crippen MR) is 98.3 cm³/mol. The zero-order valence-electron chi connectivity index (χ0n) is 14.1. The summed E-state index contributed by atoms with van der Waals surface area (Å²) in [5.74, 6) is 1.26. The van der Waals surface area contributed by atoms with Crippen molar-refractivity contribution >= 4 is 5.78 Å². The van der Waals surface area contributed by atoms with Crippen LogP contribution in [-0.4, -0.2) is 18.5 Å². The molecule has 0 fully saturated rings. The first kappa shape index (κ1) is 16.8. The second-order valence-electron chi connectivity index (χ2n) is 5.77. The summed E-state index contributed by atoms with van der Waals surface area (Å²) in [6.07, 6.45) is -0.717. The molecule has 3 heteroatoms. The molecule has 1 atom stereocenters. The van der Waals surface area contributed by atoms with E-state index in [4.69, 9.17) is 9.47 Å². The van der Waals surface area contributed by atoms with Crippen molar-refractivity contribution in [3.05, 3.63) is 96.1 Å². The third-order valence-corrected chi connectivity index (χ3v) is 3.79. The smallest absolute Gasteiger partial charge is 0.206 e. The summed E-state index contributed by atoms with van der Waals surface area (Å²) in [5.41, 5.74) is 1.76. The van der Waals surface area contributed by atoms with Crippen LogP contribution in [0.2, 0.25) is 0 Å². The van der Waals surface area contributed by atoms with Crippen molar-refractivity contribution in [3.63, 3.8) is 0 Å². The first-order valence-electron chi connectivity index (χ1n) is 8.23. The third-order valence-electron chi connectivity index (χ3n) is 3.79. The van der Waals surface area contributed by atoms with Gasteiger partial charge in [-0.3, -0.25) is 4.79 Å². The molecular formula is C22H20O3. The molecule has 0 bridgehead atoms. The monoisotopic (exact) mass is 332 g/mol. The van der Waals surface area contributed by atoms with Crippen LogP contribution < -0.4 is 9.47 Å². The lowest BCUT2D eigenvalue weighted by atomic mass is 10.1. The molecule has 0 radical (unpaired) electrons. The van der Waals surface area contributed by atoms with E-state index in [9.17, 15) is 4.79 Å². The van der Waals surface area contributed by atoms with Crippen LogP contribution >= 0.6 is 0 Å². The zero-order chi connectivity index (χ0) is 17.5. The first-order chi connectivity index (χ1) is 12.2. The lowest BCUT2D eigenvalue weighted by Gasteiger charge is -2.19. The van der Waals surface area contributed by atoms with Gasteiger partial charge in [-0.25, -0.2) is 0 Å². The highest BCUT2D eigenvalue weighted by Crippen LogP contribution is 2.17. The summed E-state index contributed by atoms with van der Waals surface area (Å²) in [4.78, 5) is 12.8. The Labute approximate surface area is 147 Å². The highest BCUT2D eigenvalue weighted by molar-refractivity contribution is 5.99. The van der Waals surface area contributed by atoms with Gasteiger partial charge in [0.2, 0.25) is 5.78 Å². The molecule has 0 saturated heterocycles. The van der Waals surface area contributed by atoms with Gasteiger partial charge in [0.05, 0.1) is 0 Å². The average molecular weight is 332 g/mol. The zero-order valence-corrected chi connectivity index (χ0v) is 14.1. The van der Waals surface area contributed by atoms with Gasteiger partial charge in [-0.15, -0.1) is 0 Å². The maximum Gasteiger partial charge on any atom is 0.206 e. The Bertz CT molecular complexity index is 796. The molecule has 0 amide bonds. The summed E-state index contributed by atoms with van der Waals surface area (Å²) in [6, 6.07) is 26.2. The highest BCUT2D eigenvalue weighted by atomic mass is 16.5. The molecule has 0 aromatic heterocycles. The van der Waals surface area contributed by atoms with Gasteiger partial charge in [0.15, 0.2) is 6.10 Å². The fraction of sp³-hybridized carbons (Fsp3) is 0.136. The van der Waals surface area contributed by atoms with Crippen molar-refractivity contribution < 1.29 is 14.3 Å². The van der Waals surface area contributed by atoms with E-state index in [0.29, 0.717) is 17.1 Å². The maximum atomic E-state index is 12.8. The second kappa shape index (κ2) is 8.15. The quantitative estimate of drug-likeness (QED) is 0.588. The van der Waals surface area contributed by atoms with Crippen LogP contribution in [0, 0.1) is 6.92 Å². The average Bonchev–Trinajstić information content (AvgIpc) is 2.67. The fourth-order valence-electron chi connectivity index (χ4n) is 2.42. The van der Waals surface area contributed by atoms with Crippen molar-refractivity contribution in [2.45, 2.75) is 13.0 Å². The van der Waals surface area contributed by atoms with E-state index in [0.717, 1.165) is 5.56 Å². The van der Waals surface area contributed by atoms with E-state index in [1.54, 1.807) is 12.1 Å². The van der Waals surface area contributed by atoms with Crippen molar-refractivity contribution in [3.8, 4) is 11.5 Å². The molecule has 0 spiro atoms.